The van der Waals surface area contributed by atoms with E-state index in [1.165, 1.54) is 25.0 Å². The number of aromatic carboxylic acids is 1. The van der Waals surface area contributed by atoms with Crippen LogP contribution in [-0.2, 0) is 0 Å². The van der Waals surface area contributed by atoms with Crippen LogP contribution in [0.2, 0.25) is 0 Å². The van der Waals surface area contributed by atoms with Gasteiger partial charge < -0.3 is 15.7 Å². The second-order valence-corrected chi connectivity index (χ2v) is 5.90. The van der Waals surface area contributed by atoms with Crippen LogP contribution in [-0.4, -0.2) is 26.0 Å². The summed E-state index contributed by atoms with van der Waals surface area (Å²) in [6.45, 7) is 0. The molecule has 1 saturated carbocycles. The molecule has 2 aromatic heterocycles. The van der Waals surface area contributed by atoms with Crippen molar-refractivity contribution in [2.24, 2.45) is 0 Å². The Balaban J connectivity index is 1.48. The Morgan fingerprint density at radius 3 is 2.96 bits per heavy atom. The predicted molar refractivity (Wildman–Crippen MR) is 91.3 cm³/mol. The Morgan fingerprint density at radius 2 is 2.16 bits per heavy atom. The lowest BCUT2D eigenvalue weighted by Gasteiger charge is -2.07. The number of nitrogens with zero attached hydrogens (tertiary/aromatic N) is 3. The highest BCUT2D eigenvalue weighted by Crippen LogP contribution is 2.29. The molecular weight excluding hydrogens is 320 g/mol. The molecule has 8 heteroatoms. The second-order valence-electron chi connectivity index (χ2n) is 5.90. The zero-order chi connectivity index (χ0) is 17.2. The fourth-order valence-electron chi connectivity index (χ4n) is 2.51. The van der Waals surface area contributed by atoms with Crippen LogP contribution < -0.4 is 15.2 Å². The number of imidazole rings is 1. The van der Waals surface area contributed by atoms with Gasteiger partial charge in [-0.3, -0.25) is 0 Å². The van der Waals surface area contributed by atoms with Gasteiger partial charge in [-0.25, -0.2) is 19.3 Å². The predicted octanol–water partition coefficient (Wildman–Crippen LogP) is 2.61. The number of carboxylic acid groups (broad SMARTS) is 1. The molecule has 126 valence electrons. The monoisotopic (exact) mass is 337 g/mol. The first-order valence-electron chi connectivity index (χ1n) is 7.97. The summed E-state index contributed by atoms with van der Waals surface area (Å²) in [4.78, 5) is 22.8. The van der Waals surface area contributed by atoms with E-state index in [-0.39, 0.29) is 5.56 Å². The maximum absolute atomic E-state index is 11.0. The van der Waals surface area contributed by atoms with Crippen LogP contribution in [0.5, 0.6) is 0 Å². The smallest absolute Gasteiger partial charge is 0.335 e. The maximum atomic E-state index is 11.0. The Morgan fingerprint density at radius 1 is 1.28 bits per heavy atom. The van der Waals surface area contributed by atoms with Crippen molar-refractivity contribution in [3.05, 3.63) is 54.6 Å². The van der Waals surface area contributed by atoms with Crippen LogP contribution in [0.1, 0.15) is 29.2 Å². The highest BCUT2D eigenvalue weighted by molar-refractivity contribution is 5.89. The van der Waals surface area contributed by atoms with Gasteiger partial charge in [0.1, 0.15) is 11.9 Å². The van der Waals surface area contributed by atoms with E-state index in [0.29, 0.717) is 23.5 Å². The van der Waals surface area contributed by atoms with E-state index in [1.807, 2.05) is 12.5 Å². The number of hydrogen-bond acceptors (Lipinski definition) is 5. The molecule has 0 bridgehead atoms. The van der Waals surface area contributed by atoms with E-state index in [2.05, 4.69) is 30.2 Å². The van der Waals surface area contributed by atoms with E-state index < -0.39 is 5.97 Å². The number of carbonyl (C=O) groups is 1. The summed E-state index contributed by atoms with van der Waals surface area (Å²) >= 11 is 0. The molecule has 0 unspecified atom stereocenters. The summed E-state index contributed by atoms with van der Waals surface area (Å²) in [5, 5.41) is 15.3. The largest absolute Gasteiger partial charge is 0.478 e. The van der Waals surface area contributed by atoms with E-state index in [1.54, 1.807) is 24.4 Å². The second kappa shape index (κ2) is 6.23. The number of benzene rings is 1. The topological polar surface area (TPSA) is 107 Å². The van der Waals surface area contributed by atoms with E-state index in [4.69, 9.17) is 5.11 Å². The van der Waals surface area contributed by atoms with Crippen molar-refractivity contribution in [3.63, 3.8) is 0 Å². The van der Waals surface area contributed by atoms with Gasteiger partial charge in [-0.15, -0.1) is 0 Å². The van der Waals surface area contributed by atoms with E-state index in [9.17, 15) is 4.79 Å². The first-order chi connectivity index (χ1) is 12.2. The zero-order valence-electron chi connectivity index (χ0n) is 13.3. The van der Waals surface area contributed by atoms with Crippen molar-refractivity contribution < 1.29 is 14.5 Å². The number of hydrogen-bond donors (Lipinski definition) is 4. The van der Waals surface area contributed by atoms with Crippen LogP contribution in [0, 0.1) is 0 Å². The van der Waals surface area contributed by atoms with Gasteiger partial charge in [-0.2, -0.15) is 4.98 Å². The molecule has 0 saturated heterocycles. The number of nitrogens with one attached hydrogen (secondary N) is 3. The maximum Gasteiger partial charge on any atom is 0.335 e. The third kappa shape index (κ3) is 3.57. The van der Waals surface area contributed by atoms with Crippen LogP contribution >= 0.6 is 0 Å². The minimum absolute atomic E-state index is 0.204. The highest BCUT2D eigenvalue weighted by Gasteiger charge is 2.28. The molecule has 0 atom stereocenters. The van der Waals surface area contributed by atoms with Gasteiger partial charge >= 0.3 is 5.97 Å². The van der Waals surface area contributed by atoms with Gasteiger partial charge in [0.05, 0.1) is 5.56 Å². The first kappa shape index (κ1) is 15.1. The molecule has 1 fully saturated rings. The summed E-state index contributed by atoms with van der Waals surface area (Å²) < 4.78 is 2.15. The van der Waals surface area contributed by atoms with Crippen molar-refractivity contribution in [1.29, 1.82) is 0 Å². The van der Waals surface area contributed by atoms with Gasteiger partial charge in [0.2, 0.25) is 18.1 Å². The molecule has 3 aromatic rings. The van der Waals surface area contributed by atoms with Crippen molar-refractivity contribution in [1.82, 2.24) is 15.0 Å². The quantitative estimate of drug-likeness (QED) is 0.515. The van der Waals surface area contributed by atoms with Crippen LogP contribution in [0.4, 0.5) is 23.3 Å². The number of anilines is 4. The SMILES string of the molecule is O=C(O)c1cccc(Nc2nccc(Nc3c[n+](C4CC4)c[nH]3)n2)c1. The van der Waals surface area contributed by atoms with Crippen LogP contribution in [0.25, 0.3) is 0 Å². The number of aromatic nitrogens is 4. The molecule has 8 nitrogen and oxygen atoms in total. The molecular formula is C17H17N6O2+. The first-order valence-corrected chi connectivity index (χ1v) is 7.97. The molecule has 1 aromatic carbocycles. The zero-order valence-corrected chi connectivity index (χ0v) is 13.3. The molecule has 0 aliphatic heterocycles. The average molecular weight is 337 g/mol. The molecule has 4 N–H and O–H groups in total. The summed E-state index contributed by atoms with van der Waals surface area (Å²) in [6, 6.07) is 8.88. The molecule has 25 heavy (non-hydrogen) atoms. The van der Waals surface area contributed by atoms with Gasteiger partial charge in [0.25, 0.3) is 0 Å². The van der Waals surface area contributed by atoms with Gasteiger partial charge in [-0.05, 0) is 37.1 Å². The number of H-pyrrole nitrogens is 1. The lowest BCUT2D eigenvalue weighted by Crippen LogP contribution is -2.28. The van der Waals surface area contributed by atoms with E-state index >= 15 is 0 Å². The van der Waals surface area contributed by atoms with E-state index in [0.717, 1.165) is 5.82 Å². The number of aromatic amines is 1. The summed E-state index contributed by atoms with van der Waals surface area (Å²) in [7, 11) is 0. The molecule has 0 amide bonds. The van der Waals surface area contributed by atoms with Gasteiger partial charge in [-0.1, -0.05) is 6.07 Å². The summed E-state index contributed by atoms with van der Waals surface area (Å²) in [6.07, 6.45) is 8.04. The Bertz CT molecular complexity index is 919. The number of rotatable bonds is 6. The van der Waals surface area contributed by atoms with Crippen molar-refractivity contribution in [3.8, 4) is 0 Å². The molecule has 1 aliphatic rings. The standard InChI is InChI=1S/C17H16N6O2/c24-16(25)11-2-1-3-12(8-11)20-17-18-7-6-14(22-17)21-15-9-23(10-19-15)13-4-5-13/h1-3,6-10,13H,4-5H2,(H3,18,20,21,22,24,25)/p+1. The van der Waals surface area contributed by atoms with Crippen molar-refractivity contribution in [2.45, 2.75) is 18.9 Å². The minimum Gasteiger partial charge on any atom is -0.478 e. The Kier molecular flexibility index (Phi) is 3.77. The molecule has 0 radical (unpaired) electrons. The molecule has 2 heterocycles. The van der Waals surface area contributed by atoms with Crippen molar-refractivity contribution >= 4 is 29.2 Å². The lowest BCUT2D eigenvalue weighted by molar-refractivity contribution is -0.698. The normalized spacial score (nSPS) is 13.4. The number of carboxylic acids is 1. The van der Waals surface area contributed by atoms with Crippen molar-refractivity contribution in [2.75, 3.05) is 10.6 Å². The Hall–Kier alpha value is -3.42. The summed E-state index contributed by atoms with van der Waals surface area (Å²) in [5.74, 6) is 0.894. The van der Waals surface area contributed by atoms with Gasteiger partial charge in [0.15, 0.2) is 6.20 Å². The molecule has 1 aliphatic carbocycles. The average Bonchev–Trinajstić information content (AvgIpc) is 3.35. The van der Waals surface area contributed by atoms with Crippen LogP contribution in [0.3, 0.4) is 0 Å². The highest BCUT2D eigenvalue weighted by atomic mass is 16.4. The van der Waals surface area contributed by atoms with Crippen LogP contribution in [0.15, 0.2) is 49.1 Å². The lowest BCUT2D eigenvalue weighted by atomic mass is 10.2. The molecule has 4 rings (SSSR count). The fourth-order valence-corrected chi connectivity index (χ4v) is 2.51. The minimum atomic E-state index is -0.976. The molecule has 0 spiro atoms. The summed E-state index contributed by atoms with van der Waals surface area (Å²) in [5.41, 5.74) is 0.818. The fraction of sp³-hybridized carbons (Fsp3) is 0.176. The Labute approximate surface area is 143 Å². The third-order valence-corrected chi connectivity index (χ3v) is 3.90. The third-order valence-electron chi connectivity index (χ3n) is 3.90. The van der Waals surface area contributed by atoms with Gasteiger partial charge in [0, 0.05) is 11.9 Å².